The van der Waals surface area contributed by atoms with E-state index in [1.54, 1.807) is 0 Å². The SMILES string of the molecule is CC(=O)C(CCCCOc1cccc(C)c1)C(=O)OCc1ccccc1. The number of carbonyl (C=O) groups excluding carboxylic acids is 2. The number of hydrogen-bond donors (Lipinski definition) is 0. The van der Waals surface area contributed by atoms with Crippen LogP contribution in [0.25, 0.3) is 0 Å². The summed E-state index contributed by atoms with van der Waals surface area (Å²) in [7, 11) is 0. The first kappa shape index (κ1) is 19.7. The third-order valence-electron chi connectivity index (χ3n) is 4.14. The van der Waals surface area contributed by atoms with Crippen molar-refractivity contribution in [3.05, 3.63) is 65.7 Å². The number of esters is 1. The van der Waals surface area contributed by atoms with Crippen molar-refractivity contribution in [2.45, 2.75) is 39.7 Å². The smallest absolute Gasteiger partial charge is 0.316 e. The molecular weight excluding hydrogens is 328 g/mol. The number of ether oxygens (including phenoxy) is 2. The highest BCUT2D eigenvalue weighted by atomic mass is 16.5. The van der Waals surface area contributed by atoms with Crippen LogP contribution in [-0.4, -0.2) is 18.4 Å². The second-order valence-corrected chi connectivity index (χ2v) is 6.42. The maximum absolute atomic E-state index is 12.2. The fourth-order valence-electron chi connectivity index (χ4n) is 2.66. The Morgan fingerprint density at radius 2 is 1.77 bits per heavy atom. The van der Waals surface area contributed by atoms with Crippen molar-refractivity contribution >= 4 is 11.8 Å². The largest absolute Gasteiger partial charge is 0.494 e. The molecule has 0 amide bonds. The Morgan fingerprint density at radius 3 is 2.46 bits per heavy atom. The molecule has 0 heterocycles. The van der Waals surface area contributed by atoms with Crippen LogP contribution in [0.3, 0.4) is 0 Å². The molecule has 0 fully saturated rings. The van der Waals surface area contributed by atoms with Crippen molar-refractivity contribution in [1.29, 1.82) is 0 Å². The fraction of sp³-hybridized carbons (Fsp3) is 0.364. The summed E-state index contributed by atoms with van der Waals surface area (Å²) in [5, 5.41) is 0. The van der Waals surface area contributed by atoms with Gasteiger partial charge in [0.15, 0.2) is 0 Å². The molecule has 0 spiro atoms. The molecule has 1 atom stereocenters. The van der Waals surface area contributed by atoms with Crippen LogP contribution in [0.2, 0.25) is 0 Å². The molecule has 138 valence electrons. The van der Waals surface area contributed by atoms with Crippen LogP contribution in [0.5, 0.6) is 5.75 Å². The Labute approximate surface area is 155 Å². The Hall–Kier alpha value is -2.62. The first-order chi connectivity index (χ1) is 12.6. The molecule has 0 aliphatic rings. The van der Waals surface area contributed by atoms with Crippen molar-refractivity contribution < 1.29 is 19.1 Å². The summed E-state index contributed by atoms with van der Waals surface area (Å²) in [5.41, 5.74) is 2.06. The van der Waals surface area contributed by atoms with Crippen molar-refractivity contribution in [1.82, 2.24) is 0 Å². The Balaban J connectivity index is 1.71. The maximum Gasteiger partial charge on any atom is 0.316 e. The van der Waals surface area contributed by atoms with Gasteiger partial charge in [0.05, 0.1) is 6.61 Å². The topological polar surface area (TPSA) is 52.6 Å². The molecule has 4 heteroatoms. The van der Waals surface area contributed by atoms with Gasteiger partial charge in [-0.2, -0.15) is 0 Å². The quantitative estimate of drug-likeness (QED) is 0.358. The average Bonchev–Trinajstić information content (AvgIpc) is 2.63. The van der Waals surface area contributed by atoms with Crippen molar-refractivity contribution in [3.8, 4) is 5.75 Å². The lowest BCUT2D eigenvalue weighted by Crippen LogP contribution is -2.24. The number of ketones is 1. The van der Waals surface area contributed by atoms with Crippen molar-refractivity contribution in [2.24, 2.45) is 5.92 Å². The van der Waals surface area contributed by atoms with Gasteiger partial charge >= 0.3 is 5.97 Å². The summed E-state index contributed by atoms with van der Waals surface area (Å²) >= 11 is 0. The lowest BCUT2D eigenvalue weighted by molar-refractivity contribution is -0.153. The maximum atomic E-state index is 12.2. The molecule has 0 bridgehead atoms. The second kappa shape index (κ2) is 10.4. The molecule has 0 aromatic heterocycles. The summed E-state index contributed by atoms with van der Waals surface area (Å²) in [4.78, 5) is 24.0. The minimum Gasteiger partial charge on any atom is -0.494 e. The Morgan fingerprint density at radius 1 is 1.00 bits per heavy atom. The predicted octanol–water partition coefficient (Wildman–Crippen LogP) is 4.49. The monoisotopic (exact) mass is 354 g/mol. The lowest BCUT2D eigenvalue weighted by atomic mass is 9.98. The number of Topliss-reactive ketones (excluding diaryl/α,β-unsaturated/α-hetero) is 1. The van der Waals surface area contributed by atoms with E-state index in [0.717, 1.165) is 29.7 Å². The highest BCUT2D eigenvalue weighted by Gasteiger charge is 2.24. The minimum atomic E-state index is -0.697. The standard InChI is InChI=1S/C22H26O4/c1-17-9-8-12-20(15-17)25-14-7-6-13-21(18(2)23)22(24)26-16-19-10-4-3-5-11-19/h3-5,8-12,15,21H,6-7,13-14,16H2,1-2H3. The van der Waals surface area contributed by atoms with Crippen LogP contribution >= 0.6 is 0 Å². The Kier molecular flexibility index (Phi) is 7.87. The zero-order valence-electron chi connectivity index (χ0n) is 15.4. The van der Waals surface area contributed by atoms with E-state index in [9.17, 15) is 9.59 Å². The first-order valence-electron chi connectivity index (χ1n) is 8.97. The van der Waals surface area contributed by atoms with Crippen LogP contribution < -0.4 is 4.74 Å². The highest BCUT2D eigenvalue weighted by molar-refractivity contribution is 5.97. The van der Waals surface area contributed by atoms with Gasteiger partial charge in [-0.1, -0.05) is 42.5 Å². The molecule has 0 aliphatic carbocycles. The molecule has 26 heavy (non-hydrogen) atoms. The summed E-state index contributed by atoms with van der Waals surface area (Å²) in [5.74, 6) is -0.448. The molecular formula is C22H26O4. The van der Waals surface area contributed by atoms with Gasteiger partial charge in [0.2, 0.25) is 0 Å². The van der Waals surface area contributed by atoms with Gasteiger partial charge in [0.25, 0.3) is 0 Å². The molecule has 0 aliphatic heterocycles. The van der Waals surface area contributed by atoms with Gasteiger partial charge in [-0.15, -0.1) is 0 Å². The molecule has 1 unspecified atom stereocenters. The average molecular weight is 354 g/mol. The zero-order valence-corrected chi connectivity index (χ0v) is 15.4. The molecule has 2 rings (SSSR count). The van der Waals surface area contributed by atoms with E-state index in [1.807, 2.05) is 61.5 Å². The molecule has 4 nitrogen and oxygen atoms in total. The van der Waals surface area contributed by atoms with Gasteiger partial charge in [-0.25, -0.2) is 0 Å². The van der Waals surface area contributed by atoms with Gasteiger partial charge in [0.1, 0.15) is 24.1 Å². The summed E-state index contributed by atoms with van der Waals surface area (Å²) in [6, 6.07) is 17.3. The number of unbranched alkanes of at least 4 members (excludes halogenated alkanes) is 1. The molecule has 0 N–H and O–H groups in total. The number of carbonyl (C=O) groups is 2. The normalized spacial score (nSPS) is 11.6. The van der Waals surface area contributed by atoms with Gasteiger partial charge < -0.3 is 9.47 Å². The summed E-state index contributed by atoms with van der Waals surface area (Å²) in [6.07, 6.45) is 2.00. The van der Waals surface area contributed by atoms with Crippen LogP contribution in [0, 0.1) is 12.8 Å². The highest BCUT2D eigenvalue weighted by Crippen LogP contribution is 2.16. The first-order valence-corrected chi connectivity index (χ1v) is 8.97. The minimum absolute atomic E-state index is 0.150. The summed E-state index contributed by atoms with van der Waals surface area (Å²) < 4.78 is 11.0. The third kappa shape index (κ3) is 6.71. The molecule has 0 saturated heterocycles. The molecule has 2 aromatic carbocycles. The van der Waals surface area contributed by atoms with E-state index >= 15 is 0 Å². The van der Waals surface area contributed by atoms with E-state index in [0.29, 0.717) is 13.0 Å². The van der Waals surface area contributed by atoms with Gasteiger partial charge in [0, 0.05) is 0 Å². The number of aryl methyl sites for hydroxylation is 1. The van der Waals surface area contributed by atoms with Crippen molar-refractivity contribution in [3.63, 3.8) is 0 Å². The number of rotatable bonds is 10. The third-order valence-corrected chi connectivity index (χ3v) is 4.14. The van der Waals surface area contributed by atoms with Crippen LogP contribution in [-0.2, 0) is 20.9 Å². The van der Waals surface area contributed by atoms with Gasteiger partial charge in [-0.3, -0.25) is 9.59 Å². The van der Waals surface area contributed by atoms with E-state index in [-0.39, 0.29) is 12.4 Å². The fourth-order valence-corrected chi connectivity index (χ4v) is 2.66. The second-order valence-electron chi connectivity index (χ2n) is 6.42. The van der Waals surface area contributed by atoms with Crippen LogP contribution in [0.4, 0.5) is 0 Å². The lowest BCUT2D eigenvalue weighted by Gasteiger charge is -2.13. The Bertz CT molecular complexity index is 709. The van der Waals surface area contributed by atoms with E-state index < -0.39 is 11.9 Å². The van der Waals surface area contributed by atoms with Crippen LogP contribution in [0.1, 0.15) is 37.3 Å². The number of hydrogen-bond acceptors (Lipinski definition) is 4. The molecule has 0 radical (unpaired) electrons. The van der Waals surface area contributed by atoms with E-state index in [2.05, 4.69) is 0 Å². The summed E-state index contributed by atoms with van der Waals surface area (Å²) in [6.45, 7) is 4.22. The van der Waals surface area contributed by atoms with Gasteiger partial charge in [-0.05, 0) is 56.4 Å². The molecule has 2 aromatic rings. The van der Waals surface area contributed by atoms with E-state index in [4.69, 9.17) is 9.47 Å². The number of benzene rings is 2. The predicted molar refractivity (Wildman–Crippen MR) is 101 cm³/mol. The van der Waals surface area contributed by atoms with Crippen LogP contribution in [0.15, 0.2) is 54.6 Å². The zero-order chi connectivity index (χ0) is 18.8. The van der Waals surface area contributed by atoms with E-state index in [1.165, 1.54) is 6.92 Å². The van der Waals surface area contributed by atoms with Crippen molar-refractivity contribution in [2.75, 3.05) is 6.61 Å². The molecule has 0 saturated carbocycles.